The molecule has 1 aromatic heterocycles. The highest BCUT2D eigenvalue weighted by atomic mass is 15.1. The van der Waals surface area contributed by atoms with Crippen LogP contribution in [0.2, 0.25) is 0 Å². The zero-order chi connectivity index (χ0) is 8.97. The third-order valence-electron chi connectivity index (χ3n) is 1.50. The number of hydrogen-bond donors (Lipinski definition) is 2. The van der Waals surface area contributed by atoms with Crippen LogP contribution in [0.25, 0.3) is 10.9 Å². The van der Waals surface area contributed by atoms with Gasteiger partial charge in [-0.3, -0.25) is 5.10 Å². The number of aromatic amines is 1. The number of fused-ring (bicyclic) bond motifs is 1. The van der Waals surface area contributed by atoms with E-state index in [0.29, 0.717) is 5.82 Å². The van der Waals surface area contributed by atoms with Crippen molar-refractivity contribution in [2.75, 3.05) is 5.73 Å². The molecule has 0 saturated heterocycles. The van der Waals surface area contributed by atoms with Crippen LogP contribution in [0.15, 0.2) is 24.3 Å². The zero-order valence-electron chi connectivity index (χ0n) is 7.33. The van der Waals surface area contributed by atoms with E-state index in [0.717, 1.165) is 10.9 Å². The Morgan fingerprint density at radius 2 is 1.92 bits per heavy atom. The monoisotopic (exact) mass is 163 g/mol. The second kappa shape index (κ2) is 3.76. The lowest BCUT2D eigenvalue weighted by Gasteiger charge is -1.84. The van der Waals surface area contributed by atoms with E-state index in [1.165, 1.54) is 0 Å². The Bertz CT molecular complexity index is 351. The highest BCUT2D eigenvalue weighted by Crippen LogP contribution is 2.15. The Morgan fingerprint density at radius 1 is 1.25 bits per heavy atom. The van der Waals surface area contributed by atoms with Gasteiger partial charge in [0.1, 0.15) is 0 Å². The number of aromatic nitrogens is 2. The summed E-state index contributed by atoms with van der Waals surface area (Å²) in [7, 11) is 0. The largest absolute Gasteiger partial charge is 0.382 e. The number of hydrogen-bond acceptors (Lipinski definition) is 2. The second-order valence-corrected chi connectivity index (χ2v) is 2.15. The minimum absolute atomic E-state index is 0.565. The first-order valence-corrected chi connectivity index (χ1v) is 4.06. The normalized spacial score (nSPS) is 9.17. The molecule has 0 saturated carbocycles. The van der Waals surface area contributed by atoms with Gasteiger partial charge in [0.2, 0.25) is 0 Å². The van der Waals surface area contributed by atoms with Crippen LogP contribution < -0.4 is 5.73 Å². The van der Waals surface area contributed by atoms with Crippen LogP contribution in [-0.4, -0.2) is 10.2 Å². The molecule has 1 aromatic carbocycles. The van der Waals surface area contributed by atoms with Crippen molar-refractivity contribution in [3.63, 3.8) is 0 Å². The van der Waals surface area contributed by atoms with Gasteiger partial charge in [-0.05, 0) is 12.1 Å². The van der Waals surface area contributed by atoms with E-state index < -0.39 is 0 Å². The molecule has 0 spiro atoms. The van der Waals surface area contributed by atoms with Crippen LogP contribution in [0, 0.1) is 0 Å². The maximum absolute atomic E-state index is 5.53. The molecule has 0 unspecified atom stereocenters. The lowest BCUT2D eigenvalue weighted by atomic mass is 10.2. The molecule has 2 aromatic rings. The summed E-state index contributed by atoms with van der Waals surface area (Å²) < 4.78 is 0. The smallest absolute Gasteiger partial charge is 0.153 e. The standard InChI is InChI=1S/C7H7N3.C2H6/c8-7-5-3-1-2-4-6(5)9-10-7;1-2/h1-4H,(H3,8,9,10);1-2H3. The summed E-state index contributed by atoms with van der Waals surface area (Å²) in [6.45, 7) is 4.00. The molecule has 0 bridgehead atoms. The van der Waals surface area contributed by atoms with Crippen molar-refractivity contribution in [1.82, 2.24) is 10.2 Å². The Balaban J connectivity index is 0.000000336. The maximum Gasteiger partial charge on any atom is 0.153 e. The van der Waals surface area contributed by atoms with E-state index in [9.17, 15) is 0 Å². The molecule has 0 atom stereocenters. The zero-order valence-corrected chi connectivity index (χ0v) is 7.33. The lowest BCUT2D eigenvalue weighted by molar-refractivity contribution is 1.13. The molecule has 2 rings (SSSR count). The van der Waals surface area contributed by atoms with Gasteiger partial charge < -0.3 is 5.73 Å². The first kappa shape index (κ1) is 8.59. The Hall–Kier alpha value is -1.51. The first-order valence-electron chi connectivity index (χ1n) is 4.06. The van der Waals surface area contributed by atoms with E-state index in [-0.39, 0.29) is 0 Å². The molecule has 3 N–H and O–H groups in total. The number of nitrogens with two attached hydrogens (primary N) is 1. The number of nitrogens with zero attached hydrogens (tertiary/aromatic N) is 1. The molecule has 0 amide bonds. The summed E-state index contributed by atoms with van der Waals surface area (Å²) >= 11 is 0. The average Bonchev–Trinajstić information content (AvgIpc) is 2.53. The highest BCUT2D eigenvalue weighted by Gasteiger charge is 1.97. The third kappa shape index (κ3) is 1.39. The number of nitrogen functional groups attached to an aromatic ring is 1. The van der Waals surface area contributed by atoms with E-state index >= 15 is 0 Å². The molecule has 12 heavy (non-hydrogen) atoms. The number of nitrogens with one attached hydrogen (secondary N) is 1. The fourth-order valence-corrected chi connectivity index (χ4v) is 0.985. The van der Waals surface area contributed by atoms with Crippen LogP contribution in [0.1, 0.15) is 13.8 Å². The molecular weight excluding hydrogens is 150 g/mol. The number of benzene rings is 1. The first-order chi connectivity index (χ1) is 5.88. The molecule has 0 aliphatic carbocycles. The molecule has 0 fully saturated rings. The van der Waals surface area contributed by atoms with Gasteiger partial charge in [0.05, 0.1) is 5.52 Å². The van der Waals surface area contributed by atoms with Gasteiger partial charge in [-0.1, -0.05) is 26.0 Å². The van der Waals surface area contributed by atoms with E-state index in [1.807, 2.05) is 38.1 Å². The SMILES string of the molecule is CC.Nc1n[nH]c2ccccc12. The van der Waals surface area contributed by atoms with Crippen LogP contribution in [0.4, 0.5) is 5.82 Å². The van der Waals surface area contributed by atoms with Gasteiger partial charge in [-0.15, -0.1) is 0 Å². The van der Waals surface area contributed by atoms with E-state index in [1.54, 1.807) is 0 Å². The molecule has 1 heterocycles. The third-order valence-corrected chi connectivity index (χ3v) is 1.50. The summed E-state index contributed by atoms with van der Waals surface area (Å²) in [6, 6.07) is 7.76. The minimum atomic E-state index is 0.565. The summed E-state index contributed by atoms with van der Waals surface area (Å²) in [4.78, 5) is 0. The van der Waals surface area contributed by atoms with Crippen molar-refractivity contribution in [3.8, 4) is 0 Å². The van der Waals surface area contributed by atoms with Crippen molar-refractivity contribution in [2.45, 2.75) is 13.8 Å². The molecular formula is C9H13N3. The summed E-state index contributed by atoms with van der Waals surface area (Å²) in [6.07, 6.45) is 0. The van der Waals surface area contributed by atoms with Gasteiger partial charge in [0, 0.05) is 5.39 Å². The predicted molar refractivity (Wildman–Crippen MR) is 51.9 cm³/mol. The summed E-state index contributed by atoms with van der Waals surface area (Å²) in [5, 5.41) is 7.65. The summed E-state index contributed by atoms with van der Waals surface area (Å²) in [5.74, 6) is 0.565. The van der Waals surface area contributed by atoms with Gasteiger partial charge in [-0.2, -0.15) is 5.10 Å². The lowest BCUT2D eigenvalue weighted by Crippen LogP contribution is -1.82. The highest BCUT2D eigenvalue weighted by molar-refractivity contribution is 5.88. The Kier molecular flexibility index (Phi) is 2.69. The molecule has 0 aliphatic rings. The van der Waals surface area contributed by atoms with Crippen LogP contribution in [-0.2, 0) is 0 Å². The number of para-hydroxylation sites is 1. The van der Waals surface area contributed by atoms with Crippen molar-refractivity contribution in [1.29, 1.82) is 0 Å². The minimum Gasteiger partial charge on any atom is -0.382 e. The Morgan fingerprint density at radius 3 is 2.58 bits per heavy atom. The topological polar surface area (TPSA) is 54.7 Å². The second-order valence-electron chi connectivity index (χ2n) is 2.15. The van der Waals surface area contributed by atoms with Crippen LogP contribution in [0.3, 0.4) is 0 Å². The maximum atomic E-state index is 5.53. The molecule has 3 nitrogen and oxygen atoms in total. The summed E-state index contributed by atoms with van der Waals surface area (Å²) in [5.41, 5.74) is 6.52. The number of anilines is 1. The van der Waals surface area contributed by atoms with E-state index in [2.05, 4.69) is 10.2 Å². The van der Waals surface area contributed by atoms with Gasteiger partial charge in [0.25, 0.3) is 0 Å². The van der Waals surface area contributed by atoms with Crippen molar-refractivity contribution >= 4 is 16.7 Å². The molecule has 3 heteroatoms. The van der Waals surface area contributed by atoms with Crippen LogP contribution >= 0.6 is 0 Å². The number of rotatable bonds is 0. The van der Waals surface area contributed by atoms with E-state index in [4.69, 9.17) is 5.73 Å². The molecule has 0 radical (unpaired) electrons. The van der Waals surface area contributed by atoms with Crippen molar-refractivity contribution < 1.29 is 0 Å². The van der Waals surface area contributed by atoms with Gasteiger partial charge in [0.15, 0.2) is 5.82 Å². The van der Waals surface area contributed by atoms with Gasteiger partial charge in [-0.25, -0.2) is 0 Å². The molecule has 0 aliphatic heterocycles. The quantitative estimate of drug-likeness (QED) is 0.625. The van der Waals surface area contributed by atoms with Gasteiger partial charge >= 0.3 is 0 Å². The molecule has 64 valence electrons. The van der Waals surface area contributed by atoms with Crippen molar-refractivity contribution in [2.24, 2.45) is 0 Å². The van der Waals surface area contributed by atoms with Crippen molar-refractivity contribution in [3.05, 3.63) is 24.3 Å². The Labute approximate surface area is 71.6 Å². The fraction of sp³-hybridized carbons (Fsp3) is 0.222. The predicted octanol–water partition coefficient (Wildman–Crippen LogP) is 2.17. The number of H-pyrrole nitrogens is 1. The van der Waals surface area contributed by atoms with Crippen LogP contribution in [0.5, 0.6) is 0 Å². The fourth-order valence-electron chi connectivity index (χ4n) is 0.985. The average molecular weight is 163 g/mol.